The first kappa shape index (κ1) is 13.6. The first-order valence-corrected chi connectivity index (χ1v) is 7.26. The first-order chi connectivity index (χ1) is 8.33. The summed E-state index contributed by atoms with van der Waals surface area (Å²) in [6, 6.07) is 3.67. The highest BCUT2D eigenvalue weighted by Gasteiger charge is 2.45. The van der Waals surface area contributed by atoms with Crippen molar-refractivity contribution in [3.8, 4) is 0 Å². The lowest BCUT2D eigenvalue weighted by molar-refractivity contribution is -0.138. The molecule has 0 aromatic heterocycles. The van der Waals surface area contributed by atoms with E-state index in [1.807, 2.05) is 0 Å². The highest BCUT2D eigenvalue weighted by atomic mass is 35.5. The van der Waals surface area contributed by atoms with Gasteiger partial charge < -0.3 is 5.11 Å². The van der Waals surface area contributed by atoms with E-state index in [1.54, 1.807) is 0 Å². The third kappa shape index (κ3) is 2.61. The number of halogens is 2. The van der Waals surface area contributed by atoms with Gasteiger partial charge in [-0.1, -0.05) is 29.3 Å². The van der Waals surface area contributed by atoms with E-state index in [2.05, 4.69) is 4.72 Å². The van der Waals surface area contributed by atoms with Crippen molar-refractivity contribution < 1.29 is 18.3 Å². The summed E-state index contributed by atoms with van der Waals surface area (Å²) in [5, 5.41) is 8.77. The maximum Gasteiger partial charge on any atom is 0.308 e. The van der Waals surface area contributed by atoms with Gasteiger partial charge >= 0.3 is 5.97 Å². The lowest BCUT2D eigenvalue weighted by atomic mass is 10.4. The number of sulfonamides is 1. The molecule has 5 nitrogen and oxygen atoms in total. The number of aliphatic carboxylic acids is 1. The van der Waals surface area contributed by atoms with Crippen molar-refractivity contribution in [2.75, 3.05) is 0 Å². The van der Waals surface area contributed by atoms with E-state index >= 15 is 0 Å². The van der Waals surface area contributed by atoms with Crippen LogP contribution in [0.1, 0.15) is 6.42 Å². The van der Waals surface area contributed by atoms with Crippen LogP contribution in [0.2, 0.25) is 10.0 Å². The number of rotatable bonds is 4. The summed E-state index contributed by atoms with van der Waals surface area (Å²) < 4.78 is 26.2. The predicted molar refractivity (Wildman–Crippen MR) is 66.3 cm³/mol. The Morgan fingerprint density at radius 3 is 2.61 bits per heavy atom. The molecule has 98 valence electrons. The number of hydrogen-bond acceptors (Lipinski definition) is 3. The Hall–Kier alpha value is -0.820. The minimum Gasteiger partial charge on any atom is -0.481 e. The molecule has 1 fully saturated rings. The summed E-state index contributed by atoms with van der Waals surface area (Å²) in [4.78, 5) is 10.5. The van der Waals surface area contributed by atoms with Crippen LogP contribution in [-0.2, 0) is 14.8 Å². The zero-order valence-corrected chi connectivity index (χ0v) is 11.3. The molecular weight excluding hydrogens is 301 g/mol. The SMILES string of the molecule is O=C(O)C1CC1NS(=O)(=O)c1cccc(Cl)c1Cl. The van der Waals surface area contributed by atoms with Crippen LogP contribution in [0.5, 0.6) is 0 Å². The molecule has 0 saturated heterocycles. The Morgan fingerprint density at radius 2 is 2.06 bits per heavy atom. The van der Waals surface area contributed by atoms with Crippen molar-refractivity contribution in [2.45, 2.75) is 17.4 Å². The van der Waals surface area contributed by atoms with Crippen LogP contribution in [0, 0.1) is 5.92 Å². The summed E-state index contributed by atoms with van der Waals surface area (Å²) in [6.45, 7) is 0. The third-order valence-corrected chi connectivity index (χ3v) is 5.08. The second-order valence-electron chi connectivity index (χ2n) is 3.96. The Morgan fingerprint density at radius 1 is 1.39 bits per heavy atom. The molecule has 1 saturated carbocycles. The van der Waals surface area contributed by atoms with Crippen molar-refractivity contribution in [3.05, 3.63) is 28.2 Å². The van der Waals surface area contributed by atoms with Gasteiger partial charge in [0, 0.05) is 6.04 Å². The van der Waals surface area contributed by atoms with Crippen molar-refractivity contribution in [2.24, 2.45) is 5.92 Å². The van der Waals surface area contributed by atoms with Gasteiger partial charge in [0.2, 0.25) is 10.0 Å². The van der Waals surface area contributed by atoms with Gasteiger partial charge in [0.25, 0.3) is 0 Å². The maximum atomic E-state index is 12.0. The molecule has 2 N–H and O–H groups in total. The van der Waals surface area contributed by atoms with E-state index in [4.69, 9.17) is 28.3 Å². The van der Waals surface area contributed by atoms with E-state index < -0.39 is 28.0 Å². The molecule has 1 aromatic carbocycles. The maximum absolute atomic E-state index is 12.0. The van der Waals surface area contributed by atoms with E-state index in [1.165, 1.54) is 18.2 Å². The van der Waals surface area contributed by atoms with Crippen molar-refractivity contribution >= 4 is 39.2 Å². The van der Waals surface area contributed by atoms with Gasteiger partial charge in [0.1, 0.15) is 4.90 Å². The van der Waals surface area contributed by atoms with Crippen LogP contribution in [-0.4, -0.2) is 25.5 Å². The topological polar surface area (TPSA) is 83.5 Å². The van der Waals surface area contributed by atoms with Crippen LogP contribution >= 0.6 is 23.2 Å². The number of hydrogen-bond donors (Lipinski definition) is 2. The average molecular weight is 310 g/mol. The molecule has 0 amide bonds. The molecule has 18 heavy (non-hydrogen) atoms. The van der Waals surface area contributed by atoms with Gasteiger partial charge in [-0.2, -0.15) is 0 Å². The second kappa shape index (κ2) is 4.70. The zero-order valence-electron chi connectivity index (χ0n) is 8.93. The van der Waals surface area contributed by atoms with Gasteiger partial charge in [0.15, 0.2) is 0 Å². The Labute approximate surface area is 114 Å². The van der Waals surface area contributed by atoms with E-state index in [0.717, 1.165) is 0 Å². The Balaban J connectivity index is 2.22. The molecule has 0 heterocycles. The number of nitrogens with one attached hydrogen (secondary N) is 1. The number of carbonyl (C=O) groups is 1. The molecule has 2 atom stereocenters. The highest BCUT2D eigenvalue weighted by molar-refractivity contribution is 7.89. The second-order valence-corrected chi connectivity index (χ2v) is 6.43. The molecule has 0 spiro atoms. The van der Waals surface area contributed by atoms with Crippen molar-refractivity contribution in [1.29, 1.82) is 0 Å². The molecule has 2 rings (SSSR count). The molecule has 8 heteroatoms. The molecular formula is C10H9Cl2NO4S. The Kier molecular flexibility index (Phi) is 3.55. The average Bonchev–Trinajstić information content (AvgIpc) is 3.00. The minimum atomic E-state index is -3.85. The smallest absolute Gasteiger partial charge is 0.308 e. The van der Waals surface area contributed by atoms with Crippen LogP contribution < -0.4 is 4.72 Å². The molecule has 1 aliphatic rings. The van der Waals surface area contributed by atoms with Crippen LogP contribution in [0.4, 0.5) is 0 Å². The quantitative estimate of drug-likeness (QED) is 0.887. The number of benzene rings is 1. The summed E-state index contributed by atoms with van der Waals surface area (Å²) in [6.07, 6.45) is 0.284. The minimum absolute atomic E-state index is 0.0702. The Bertz CT molecular complexity index is 602. The van der Waals surface area contributed by atoms with Crippen LogP contribution in [0.15, 0.2) is 23.1 Å². The van der Waals surface area contributed by atoms with Crippen LogP contribution in [0.25, 0.3) is 0 Å². The fourth-order valence-electron chi connectivity index (χ4n) is 1.55. The molecule has 1 aliphatic carbocycles. The molecule has 0 radical (unpaired) electrons. The van der Waals surface area contributed by atoms with E-state index in [-0.39, 0.29) is 21.4 Å². The normalized spacial score (nSPS) is 22.8. The molecule has 0 aliphatic heterocycles. The summed E-state index contributed by atoms with van der Waals surface area (Å²) in [7, 11) is -3.85. The van der Waals surface area contributed by atoms with E-state index in [9.17, 15) is 13.2 Å². The third-order valence-electron chi connectivity index (χ3n) is 2.62. The lowest BCUT2D eigenvalue weighted by Gasteiger charge is -2.08. The summed E-state index contributed by atoms with van der Waals surface area (Å²) >= 11 is 11.5. The molecule has 0 bridgehead atoms. The number of carboxylic acids is 1. The predicted octanol–water partition coefficient (Wildman–Crippen LogP) is 1.74. The van der Waals surface area contributed by atoms with Gasteiger partial charge in [-0.05, 0) is 18.6 Å². The lowest BCUT2D eigenvalue weighted by Crippen LogP contribution is -2.28. The monoisotopic (exact) mass is 309 g/mol. The standard InChI is InChI=1S/C10H9Cl2NO4S/c11-6-2-1-3-8(9(6)12)18(16,17)13-7-4-5(7)10(14)15/h1-3,5,7,13H,4H2,(H,14,15). The van der Waals surface area contributed by atoms with Gasteiger partial charge in [0.05, 0.1) is 16.0 Å². The fourth-order valence-corrected chi connectivity index (χ4v) is 3.60. The number of carboxylic acid groups (broad SMARTS) is 1. The van der Waals surface area contributed by atoms with Crippen molar-refractivity contribution in [1.82, 2.24) is 4.72 Å². The summed E-state index contributed by atoms with van der Waals surface area (Å²) in [5.41, 5.74) is 0. The first-order valence-electron chi connectivity index (χ1n) is 5.02. The van der Waals surface area contributed by atoms with Crippen molar-refractivity contribution in [3.63, 3.8) is 0 Å². The van der Waals surface area contributed by atoms with Crippen LogP contribution in [0.3, 0.4) is 0 Å². The largest absolute Gasteiger partial charge is 0.481 e. The molecule has 2 unspecified atom stereocenters. The van der Waals surface area contributed by atoms with E-state index in [0.29, 0.717) is 0 Å². The summed E-state index contributed by atoms with van der Waals surface area (Å²) in [5.74, 6) is -1.68. The molecule has 1 aromatic rings. The van der Waals surface area contributed by atoms with Gasteiger partial charge in [-0.15, -0.1) is 0 Å². The van der Waals surface area contributed by atoms with Gasteiger partial charge in [-0.3, -0.25) is 4.79 Å². The fraction of sp³-hybridized carbons (Fsp3) is 0.300. The zero-order chi connectivity index (χ0) is 13.5. The van der Waals surface area contributed by atoms with Gasteiger partial charge in [-0.25, -0.2) is 13.1 Å². The highest BCUT2D eigenvalue weighted by Crippen LogP contribution is 2.34.